The van der Waals surface area contributed by atoms with Crippen molar-refractivity contribution >= 4 is 28.0 Å². The summed E-state index contributed by atoms with van der Waals surface area (Å²) in [5.74, 6) is 1.77. The fourth-order valence-corrected chi connectivity index (χ4v) is 3.76. The summed E-state index contributed by atoms with van der Waals surface area (Å²) in [5.41, 5.74) is 9.35. The number of aromatic nitrogens is 2. The molecule has 1 aromatic heterocycles. The number of nitrogens with zero attached hydrogens (tertiary/aromatic N) is 3. The van der Waals surface area contributed by atoms with Gasteiger partial charge in [0.25, 0.3) is 0 Å². The van der Waals surface area contributed by atoms with Gasteiger partial charge in [-0.05, 0) is 47.4 Å². The number of nitrogen functional groups attached to an aromatic ring is 1. The molecule has 0 atom stereocenters. The molecule has 28 heavy (non-hydrogen) atoms. The molecule has 0 saturated heterocycles. The molecule has 0 fully saturated rings. The first kappa shape index (κ1) is 16.6. The van der Waals surface area contributed by atoms with Gasteiger partial charge in [0.05, 0.1) is 0 Å². The van der Waals surface area contributed by atoms with E-state index in [1.165, 1.54) is 11.9 Å². The second-order valence-electron chi connectivity index (χ2n) is 6.91. The van der Waals surface area contributed by atoms with Crippen LogP contribution in [-0.2, 0) is 6.42 Å². The molecule has 2 heterocycles. The second-order valence-corrected chi connectivity index (χ2v) is 6.91. The highest BCUT2D eigenvalue weighted by Crippen LogP contribution is 2.38. The lowest BCUT2D eigenvalue weighted by atomic mass is 10.0. The van der Waals surface area contributed by atoms with Crippen molar-refractivity contribution < 1.29 is 4.74 Å². The van der Waals surface area contributed by atoms with E-state index in [2.05, 4.69) is 45.2 Å². The Morgan fingerprint density at radius 3 is 2.64 bits per heavy atom. The van der Waals surface area contributed by atoms with Gasteiger partial charge in [0.1, 0.15) is 17.8 Å². The van der Waals surface area contributed by atoms with Crippen LogP contribution in [0.2, 0.25) is 0 Å². The van der Waals surface area contributed by atoms with E-state index in [1.807, 2.05) is 36.4 Å². The molecule has 1 aliphatic heterocycles. The van der Waals surface area contributed by atoms with Gasteiger partial charge in [-0.2, -0.15) is 4.98 Å². The molecule has 5 nitrogen and oxygen atoms in total. The van der Waals surface area contributed by atoms with Crippen LogP contribution in [0.5, 0.6) is 11.6 Å². The van der Waals surface area contributed by atoms with Crippen LogP contribution in [0.3, 0.4) is 0 Å². The number of fused-ring (bicyclic) bond motifs is 2. The molecule has 138 valence electrons. The largest absolute Gasteiger partial charge is 0.437 e. The molecule has 0 aliphatic carbocycles. The Morgan fingerprint density at radius 2 is 1.71 bits per heavy atom. The average Bonchev–Trinajstić information content (AvgIpc) is 2.75. The quantitative estimate of drug-likeness (QED) is 0.546. The van der Waals surface area contributed by atoms with Gasteiger partial charge >= 0.3 is 0 Å². The minimum atomic E-state index is 0.378. The van der Waals surface area contributed by atoms with Crippen molar-refractivity contribution in [1.29, 1.82) is 0 Å². The summed E-state index contributed by atoms with van der Waals surface area (Å²) < 4.78 is 6.03. The molecule has 5 heteroatoms. The van der Waals surface area contributed by atoms with Crippen molar-refractivity contribution in [1.82, 2.24) is 9.97 Å². The van der Waals surface area contributed by atoms with E-state index >= 15 is 0 Å². The predicted molar refractivity (Wildman–Crippen MR) is 112 cm³/mol. The van der Waals surface area contributed by atoms with Crippen LogP contribution in [0.25, 0.3) is 10.8 Å². The Bertz CT molecular complexity index is 1160. The van der Waals surface area contributed by atoms with Crippen LogP contribution in [0.1, 0.15) is 12.0 Å². The summed E-state index contributed by atoms with van der Waals surface area (Å²) in [6.07, 6.45) is 3.64. The highest BCUT2D eigenvalue weighted by atomic mass is 16.5. The molecule has 3 aromatic carbocycles. The summed E-state index contributed by atoms with van der Waals surface area (Å²) in [7, 11) is 0. The molecule has 0 spiro atoms. The zero-order valence-corrected chi connectivity index (χ0v) is 15.4. The Hall–Kier alpha value is -3.60. The highest BCUT2D eigenvalue weighted by Gasteiger charge is 2.22. The van der Waals surface area contributed by atoms with Crippen LogP contribution >= 0.6 is 0 Å². The summed E-state index contributed by atoms with van der Waals surface area (Å²) >= 11 is 0. The Balaban J connectivity index is 1.51. The zero-order valence-electron chi connectivity index (χ0n) is 15.4. The molecular weight excluding hydrogens is 348 g/mol. The zero-order chi connectivity index (χ0) is 18.9. The molecule has 4 aromatic rings. The molecule has 1 aliphatic rings. The van der Waals surface area contributed by atoms with Crippen molar-refractivity contribution in [2.24, 2.45) is 0 Å². The fraction of sp³-hybridized carbons (Fsp3) is 0.130. The molecule has 0 saturated carbocycles. The van der Waals surface area contributed by atoms with E-state index in [1.54, 1.807) is 0 Å². The van der Waals surface area contributed by atoms with E-state index in [0.29, 0.717) is 23.1 Å². The predicted octanol–water partition coefficient (Wildman–Crippen LogP) is 5.09. The van der Waals surface area contributed by atoms with Crippen molar-refractivity contribution in [2.45, 2.75) is 12.8 Å². The molecule has 0 radical (unpaired) electrons. The minimum Gasteiger partial charge on any atom is -0.437 e. The molecule has 0 unspecified atom stereocenters. The number of hydrogen-bond donors (Lipinski definition) is 1. The lowest BCUT2D eigenvalue weighted by molar-refractivity contribution is 0.465. The summed E-state index contributed by atoms with van der Waals surface area (Å²) in [6, 6.07) is 22.5. The Morgan fingerprint density at radius 1 is 0.893 bits per heavy atom. The number of para-hydroxylation sites is 1. The van der Waals surface area contributed by atoms with Gasteiger partial charge in [0, 0.05) is 12.2 Å². The van der Waals surface area contributed by atoms with E-state index in [-0.39, 0.29) is 0 Å². The monoisotopic (exact) mass is 368 g/mol. The van der Waals surface area contributed by atoms with E-state index in [4.69, 9.17) is 10.5 Å². The van der Waals surface area contributed by atoms with Gasteiger partial charge in [0.15, 0.2) is 5.82 Å². The lowest BCUT2D eigenvalue weighted by Crippen LogP contribution is -2.26. The molecule has 0 amide bonds. The maximum atomic E-state index is 6.44. The summed E-state index contributed by atoms with van der Waals surface area (Å²) in [4.78, 5) is 10.9. The van der Waals surface area contributed by atoms with Crippen molar-refractivity contribution in [3.05, 3.63) is 78.6 Å². The molecule has 2 N–H and O–H groups in total. The molecular formula is C23H20N4O. The van der Waals surface area contributed by atoms with Crippen LogP contribution in [0.4, 0.5) is 17.2 Å². The number of anilines is 3. The number of aryl methyl sites for hydroxylation is 1. The number of nitrogens with two attached hydrogens (primary N) is 1. The van der Waals surface area contributed by atoms with Gasteiger partial charge in [-0.1, -0.05) is 48.5 Å². The summed E-state index contributed by atoms with van der Waals surface area (Å²) in [6.45, 7) is 0.869. The SMILES string of the molecule is Nc1c(Oc2ccc3ccccc3c2)ncnc1N1CCCc2ccccc21. The van der Waals surface area contributed by atoms with Gasteiger partial charge < -0.3 is 15.4 Å². The normalized spacial score (nSPS) is 13.4. The van der Waals surface area contributed by atoms with Crippen molar-refractivity contribution in [3.8, 4) is 11.6 Å². The van der Waals surface area contributed by atoms with Crippen LogP contribution in [-0.4, -0.2) is 16.5 Å². The summed E-state index contributed by atoms with van der Waals surface area (Å²) in [5, 5.41) is 2.27. The lowest BCUT2D eigenvalue weighted by Gasteiger charge is -2.31. The Labute approximate surface area is 163 Å². The van der Waals surface area contributed by atoms with Gasteiger partial charge in [-0.3, -0.25) is 0 Å². The number of rotatable bonds is 3. The van der Waals surface area contributed by atoms with Crippen molar-refractivity contribution in [3.63, 3.8) is 0 Å². The average molecular weight is 368 g/mol. The van der Waals surface area contributed by atoms with E-state index in [9.17, 15) is 0 Å². The van der Waals surface area contributed by atoms with E-state index in [0.717, 1.165) is 35.8 Å². The maximum Gasteiger partial charge on any atom is 0.248 e. The first-order valence-corrected chi connectivity index (χ1v) is 9.42. The third kappa shape index (κ3) is 2.91. The maximum absolute atomic E-state index is 6.44. The minimum absolute atomic E-state index is 0.378. The third-order valence-electron chi connectivity index (χ3n) is 5.13. The van der Waals surface area contributed by atoms with Crippen LogP contribution < -0.4 is 15.4 Å². The molecule has 5 rings (SSSR count). The second kappa shape index (κ2) is 6.85. The van der Waals surface area contributed by atoms with Crippen LogP contribution in [0, 0.1) is 0 Å². The Kier molecular flexibility index (Phi) is 4.05. The molecule has 0 bridgehead atoms. The first-order chi connectivity index (χ1) is 13.8. The van der Waals surface area contributed by atoms with Crippen molar-refractivity contribution in [2.75, 3.05) is 17.2 Å². The first-order valence-electron chi connectivity index (χ1n) is 9.42. The third-order valence-corrected chi connectivity index (χ3v) is 5.13. The number of hydrogen-bond acceptors (Lipinski definition) is 5. The van der Waals surface area contributed by atoms with Gasteiger partial charge in [-0.15, -0.1) is 0 Å². The number of ether oxygens (including phenoxy) is 1. The van der Waals surface area contributed by atoms with Gasteiger partial charge in [0.2, 0.25) is 5.88 Å². The highest BCUT2D eigenvalue weighted by molar-refractivity contribution is 5.84. The number of benzene rings is 3. The smallest absolute Gasteiger partial charge is 0.248 e. The topological polar surface area (TPSA) is 64.3 Å². The fourth-order valence-electron chi connectivity index (χ4n) is 3.76. The van der Waals surface area contributed by atoms with E-state index < -0.39 is 0 Å². The standard InChI is InChI=1S/C23H20N4O/c24-21-22(27-13-5-9-17-7-3-4-10-20(17)27)25-15-26-23(21)28-19-12-11-16-6-1-2-8-18(16)14-19/h1-4,6-8,10-12,14-15H,5,9,13,24H2. The van der Waals surface area contributed by atoms with Gasteiger partial charge in [-0.25, -0.2) is 4.98 Å². The van der Waals surface area contributed by atoms with Crippen LogP contribution in [0.15, 0.2) is 73.1 Å².